The Hall–Kier alpha value is -2.25. The molecule has 0 spiro atoms. The molecular formula is C14H16N2O. The number of phenols is 1. The normalized spacial score (nSPS) is 9.06. The molecule has 17 heavy (non-hydrogen) atoms. The monoisotopic (exact) mass is 228 g/mol. The molecule has 3 nitrogen and oxygen atoms in total. The summed E-state index contributed by atoms with van der Waals surface area (Å²) in [5.74, 6) is 2.61. The number of phenolic OH excluding ortho intramolecular Hbond substituents is 1. The van der Waals surface area contributed by atoms with Crippen LogP contribution in [0.3, 0.4) is 0 Å². The molecule has 0 heterocycles. The molecule has 3 N–H and O–H groups in total. The minimum atomic E-state index is 0.161. The molecule has 88 valence electrons. The van der Waals surface area contributed by atoms with Crippen LogP contribution in [0, 0.1) is 0 Å². The molecule has 2 aromatic carbocycles. The number of hydrogen-bond acceptors (Lipinski definition) is 3. The second-order valence-electron chi connectivity index (χ2n) is 3.14. The lowest BCUT2D eigenvalue weighted by Gasteiger charge is -2.06. The summed E-state index contributed by atoms with van der Waals surface area (Å²) in [4.78, 5) is 3.96. The van der Waals surface area contributed by atoms with E-state index in [1.807, 2.05) is 19.9 Å². The summed E-state index contributed by atoms with van der Waals surface area (Å²) in [5, 5.41) is 11.2. The van der Waals surface area contributed by atoms with Gasteiger partial charge in [0.25, 0.3) is 0 Å². The van der Waals surface area contributed by atoms with Crippen LogP contribution in [0.2, 0.25) is 0 Å². The lowest BCUT2D eigenvalue weighted by Crippen LogP contribution is -1.86. The third kappa shape index (κ3) is 2.47. The molecule has 0 unspecified atom stereocenters. The van der Waals surface area contributed by atoms with Crippen LogP contribution in [-0.2, 0) is 0 Å². The molecule has 0 bridgehead atoms. The lowest BCUT2D eigenvalue weighted by atomic mass is 10.1. The van der Waals surface area contributed by atoms with Crippen molar-refractivity contribution >= 4 is 28.0 Å². The van der Waals surface area contributed by atoms with Gasteiger partial charge in [-0.05, 0) is 30.6 Å². The van der Waals surface area contributed by atoms with Crippen LogP contribution in [0.25, 0.3) is 10.8 Å². The molecule has 0 fully saturated rings. The van der Waals surface area contributed by atoms with Crippen LogP contribution in [-0.4, -0.2) is 11.0 Å². The Kier molecular flexibility index (Phi) is 4.32. The van der Waals surface area contributed by atoms with Crippen molar-refractivity contribution in [1.29, 1.82) is 0 Å². The number of fused-ring (bicyclic) bond motifs is 1. The maximum atomic E-state index is 9.74. The highest BCUT2D eigenvalue weighted by atomic mass is 16.3. The van der Waals surface area contributed by atoms with Crippen molar-refractivity contribution in [3.63, 3.8) is 0 Å². The highest BCUT2D eigenvalue weighted by Crippen LogP contribution is 2.36. The minimum absolute atomic E-state index is 0.161. The Labute approximate surface area is 101 Å². The molecular weight excluding hydrogens is 212 g/mol. The molecule has 3 heteroatoms. The highest BCUT2D eigenvalue weighted by Gasteiger charge is 2.06. The molecule has 0 radical (unpaired) electrons. The lowest BCUT2D eigenvalue weighted by molar-refractivity contribution is 0.482. The van der Waals surface area contributed by atoms with Crippen LogP contribution < -0.4 is 5.73 Å². The summed E-state index contributed by atoms with van der Waals surface area (Å²) in [6.07, 6.45) is 0. The fourth-order valence-electron chi connectivity index (χ4n) is 1.57. The second kappa shape index (κ2) is 5.73. The number of benzene rings is 2. The van der Waals surface area contributed by atoms with Gasteiger partial charge in [0.15, 0.2) is 0 Å². The van der Waals surface area contributed by atoms with Gasteiger partial charge in [-0.2, -0.15) is 0 Å². The van der Waals surface area contributed by atoms with Gasteiger partial charge >= 0.3 is 0 Å². The molecule has 0 aromatic heterocycles. The van der Waals surface area contributed by atoms with Gasteiger partial charge < -0.3 is 10.8 Å². The first-order chi connectivity index (χ1) is 8.24. The van der Waals surface area contributed by atoms with Crippen LogP contribution in [0.1, 0.15) is 13.8 Å². The Morgan fingerprint density at radius 3 is 2.59 bits per heavy atom. The predicted molar refractivity (Wildman–Crippen MR) is 74.1 cm³/mol. The molecule has 2 aromatic rings. The van der Waals surface area contributed by atoms with Crippen molar-refractivity contribution in [3.8, 4) is 5.75 Å². The van der Waals surface area contributed by atoms with Gasteiger partial charge in [0.05, 0.1) is 11.1 Å². The number of anilines is 1. The SMILES string of the molecule is C=C=Nc1ccc(N)c2cccc(O)c12.CC. The Bertz CT molecular complexity index is 570. The van der Waals surface area contributed by atoms with E-state index in [0.29, 0.717) is 16.8 Å². The summed E-state index contributed by atoms with van der Waals surface area (Å²) in [6.45, 7) is 7.41. The number of aliphatic imine (C=N–C) groups is 1. The zero-order valence-electron chi connectivity index (χ0n) is 10.1. The third-order valence-electron chi connectivity index (χ3n) is 2.23. The van der Waals surface area contributed by atoms with Crippen LogP contribution >= 0.6 is 0 Å². The van der Waals surface area contributed by atoms with Gasteiger partial charge in [-0.1, -0.05) is 26.0 Å². The van der Waals surface area contributed by atoms with E-state index < -0.39 is 0 Å². The van der Waals surface area contributed by atoms with Crippen molar-refractivity contribution in [2.24, 2.45) is 4.99 Å². The topological polar surface area (TPSA) is 58.6 Å². The standard InChI is InChI=1S/C12H10N2O.C2H6/c1-2-14-10-7-6-9(13)8-4-3-5-11(15)12(8)10;1-2/h3-7,15H,1,13H2;1-2H3. The van der Waals surface area contributed by atoms with Gasteiger partial charge in [-0.25, -0.2) is 4.99 Å². The summed E-state index contributed by atoms with van der Waals surface area (Å²) in [5.41, 5.74) is 7.03. The molecule has 0 amide bonds. The molecule has 0 aliphatic carbocycles. The number of nitrogens with zero attached hydrogens (tertiary/aromatic N) is 1. The summed E-state index contributed by atoms with van der Waals surface area (Å²) < 4.78 is 0. The molecule has 0 saturated carbocycles. The van der Waals surface area contributed by atoms with Gasteiger partial charge in [0.2, 0.25) is 0 Å². The van der Waals surface area contributed by atoms with E-state index in [0.717, 1.165) is 5.39 Å². The Morgan fingerprint density at radius 2 is 1.94 bits per heavy atom. The van der Waals surface area contributed by atoms with E-state index in [4.69, 9.17) is 5.73 Å². The third-order valence-corrected chi connectivity index (χ3v) is 2.23. The molecule has 0 aliphatic rings. The number of nitrogens with two attached hydrogens (primary N) is 1. The van der Waals surface area contributed by atoms with Gasteiger partial charge in [0, 0.05) is 11.1 Å². The maximum absolute atomic E-state index is 9.74. The summed E-state index contributed by atoms with van der Waals surface area (Å²) in [6, 6.07) is 8.67. The van der Waals surface area contributed by atoms with E-state index in [2.05, 4.69) is 17.4 Å². The smallest absolute Gasteiger partial charge is 0.125 e. The largest absolute Gasteiger partial charge is 0.507 e. The van der Waals surface area contributed by atoms with Gasteiger partial charge in [-0.3, -0.25) is 0 Å². The summed E-state index contributed by atoms with van der Waals surface area (Å²) in [7, 11) is 0. The van der Waals surface area contributed by atoms with E-state index in [1.54, 1.807) is 24.3 Å². The van der Waals surface area contributed by atoms with Gasteiger partial charge in [-0.15, -0.1) is 0 Å². The van der Waals surface area contributed by atoms with Crippen molar-refractivity contribution < 1.29 is 5.11 Å². The van der Waals surface area contributed by atoms with E-state index >= 15 is 0 Å². The second-order valence-corrected chi connectivity index (χ2v) is 3.14. The number of rotatable bonds is 1. The summed E-state index contributed by atoms with van der Waals surface area (Å²) >= 11 is 0. The van der Waals surface area contributed by atoms with Crippen LogP contribution in [0.5, 0.6) is 5.75 Å². The zero-order chi connectivity index (χ0) is 12.8. The predicted octanol–water partition coefficient (Wildman–Crippen LogP) is 3.64. The molecule has 2 rings (SSSR count). The fraction of sp³-hybridized carbons (Fsp3) is 0.143. The number of hydrogen-bond donors (Lipinski definition) is 2. The maximum Gasteiger partial charge on any atom is 0.125 e. The Balaban J connectivity index is 0.000000686. The van der Waals surface area contributed by atoms with Crippen molar-refractivity contribution in [3.05, 3.63) is 36.9 Å². The molecule has 0 atom stereocenters. The average Bonchev–Trinajstić information content (AvgIpc) is 2.36. The Morgan fingerprint density at radius 1 is 1.24 bits per heavy atom. The quantitative estimate of drug-likeness (QED) is 0.578. The molecule has 0 aliphatic heterocycles. The first kappa shape index (κ1) is 12.8. The van der Waals surface area contributed by atoms with Crippen molar-refractivity contribution in [2.75, 3.05) is 5.73 Å². The fourth-order valence-corrected chi connectivity index (χ4v) is 1.57. The van der Waals surface area contributed by atoms with E-state index in [1.165, 1.54) is 0 Å². The van der Waals surface area contributed by atoms with Gasteiger partial charge in [0.1, 0.15) is 5.75 Å². The highest BCUT2D eigenvalue weighted by molar-refractivity contribution is 6.04. The van der Waals surface area contributed by atoms with Crippen LogP contribution in [0.15, 0.2) is 41.9 Å². The first-order valence-corrected chi connectivity index (χ1v) is 5.47. The molecule has 0 saturated heterocycles. The van der Waals surface area contributed by atoms with E-state index in [-0.39, 0.29) is 5.75 Å². The minimum Gasteiger partial charge on any atom is -0.507 e. The number of nitrogen functional groups attached to an aromatic ring is 1. The first-order valence-electron chi connectivity index (χ1n) is 5.47. The van der Waals surface area contributed by atoms with Crippen LogP contribution in [0.4, 0.5) is 11.4 Å². The zero-order valence-corrected chi connectivity index (χ0v) is 10.1. The number of aromatic hydroxyl groups is 1. The van der Waals surface area contributed by atoms with Crippen molar-refractivity contribution in [1.82, 2.24) is 0 Å². The van der Waals surface area contributed by atoms with Crippen molar-refractivity contribution in [2.45, 2.75) is 13.8 Å². The van der Waals surface area contributed by atoms with E-state index in [9.17, 15) is 5.11 Å². The average molecular weight is 228 g/mol.